The van der Waals surface area contributed by atoms with Crippen molar-refractivity contribution in [1.82, 2.24) is 4.90 Å². The number of ether oxygens (including phenoxy) is 1. The van der Waals surface area contributed by atoms with Gasteiger partial charge in [0.2, 0.25) is 0 Å². The molecular formula is C25H35NO3. The highest BCUT2D eigenvalue weighted by molar-refractivity contribution is 5.73. The maximum atomic E-state index is 12.4. The zero-order valence-electron chi connectivity index (χ0n) is 18.2. The standard InChI is InChI=1S/C25H35NO3/c1-4-5-13-29-22(27)14-20-11-12-21(26-17-23(2)16-24(23,3)18-26)15-25(20,28)19-9-7-6-8-10-19/h11-12,19,28H,6-10,13-18H2,1-3H3/t23-,24+,25?. The zero-order chi connectivity index (χ0) is 20.7. The van der Waals surface area contributed by atoms with E-state index in [2.05, 4.69) is 36.7 Å². The van der Waals surface area contributed by atoms with Gasteiger partial charge in [0.15, 0.2) is 6.61 Å². The molecule has 158 valence electrons. The summed E-state index contributed by atoms with van der Waals surface area (Å²) in [5.74, 6) is 5.43. The number of esters is 1. The van der Waals surface area contributed by atoms with Crippen molar-refractivity contribution in [3.63, 3.8) is 0 Å². The van der Waals surface area contributed by atoms with Gasteiger partial charge in [-0.25, -0.2) is 0 Å². The maximum absolute atomic E-state index is 12.4. The minimum Gasteiger partial charge on any atom is -0.452 e. The summed E-state index contributed by atoms with van der Waals surface area (Å²) >= 11 is 0. The van der Waals surface area contributed by atoms with Crippen molar-refractivity contribution >= 4 is 5.97 Å². The summed E-state index contributed by atoms with van der Waals surface area (Å²) in [6.07, 6.45) is 11.9. The molecule has 0 spiro atoms. The van der Waals surface area contributed by atoms with E-state index >= 15 is 0 Å². The lowest BCUT2D eigenvalue weighted by Crippen LogP contribution is -2.45. The van der Waals surface area contributed by atoms with Crippen LogP contribution in [0.2, 0.25) is 0 Å². The molecule has 0 bridgehead atoms. The molecule has 1 N–H and O–H groups in total. The fraction of sp³-hybridized carbons (Fsp3) is 0.720. The van der Waals surface area contributed by atoms with Gasteiger partial charge in [0, 0.05) is 25.2 Å². The van der Waals surface area contributed by atoms with Crippen molar-refractivity contribution in [2.45, 2.75) is 77.7 Å². The monoisotopic (exact) mass is 397 g/mol. The quantitative estimate of drug-likeness (QED) is 0.558. The summed E-state index contributed by atoms with van der Waals surface area (Å²) in [7, 11) is 0. The lowest BCUT2D eigenvalue weighted by atomic mass is 9.68. The second kappa shape index (κ2) is 7.51. The predicted octanol–water partition coefficient (Wildman–Crippen LogP) is 4.20. The van der Waals surface area contributed by atoms with Crippen LogP contribution in [0.15, 0.2) is 23.4 Å². The Morgan fingerprint density at radius 2 is 1.90 bits per heavy atom. The van der Waals surface area contributed by atoms with Crippen LogP contribution in [0.4, 0.5) is 0 Å². The Kier molecular flexibility index (Phi) is 5.32. The van der Waals surface area contributed by atoms with E-state index in [-0.39, 0.29) is 24.9 Å². The SMILES string of the molecule is CC#CCOC(=O)CC1=CC=C(N2C[C@@]3(C)C[C@@]3(C)C2)CC1(O)C1CCCCC1. The number of allylic oxidation sites excluding steroid dienone is 2. The molecule has 4 rings (SSSR count). The van der Waals surface area contributed by atoms with E-state index in [1.165, 1.54) is 18.5 Å². The van der Waals surface area contributed by atoms with Gasteiger partial charge in [-0.05, 0) is 54.6 Å². The number of aliphatic hydroxyl groups is 1. The molecule has 4 heteroatoms. The van der Waals surface area contributed by atoms with Crippen molar-refractivity contribution < 1.29 is 14.6 Å². The number of carbonyl (C=O) groups is 1. The Morgan fingerprint density at radius 3 is 2.55 bits per heavy atom. The van der Waals surface area contributed by atoms with Gasteiger partial charge in [-0.1, -0.05) is 45.1 Å². The van der Waals surface area contributed by atoms with Crippen molar-refractivity contribution in [2.75, 3.05) is 19.7 Å². The molecule has 1 unspecified atom stereocenters. The number of hydrogen-bond donors (Lipinski definition) is 1. The highest BCUT2D eigenvalue weighted by Crippen LogP contribution is 2.68. The molecule has 2 saturated carbocycles. The van der Waals surface area contributed by atoms with Gasteiger partial charge in [0.25, 0.3) is 0 Å². The number of fused-ring (bicyclic) bond motifs is 1. The number of hydrogen-bond acceptors (Lipinski definition) is 4. The van der Waals surface area contributed by atoms with Crippen LogP contribution in [0.25, 0.3) is 0 Å². The summed E-state index contributed by atoms with van der Waals surface area (Å²) in [6.45, 7) is 8.79. The Hall–Kier alpha value is -1.73. The summed E-state index contributed by atoms with van der Waals surface area (Å²) < 4.78 is 5.24. The molecule has 0 radical (unpaired) electrons. The van der Waals surface area contributed by atoms with E-state index in [4.69, 9.17) is 4.74 Å². The first-order valence-electron chi connectivity index (χ1n) is 11.2. The van der Waals surface area contributed by atoms with E-state index < -0.39 is 5.60 Å². The van der Waals surface area contributed by atoms with E-state index in [0.717, 1.165) is 44.3 Å². The van der Waals surface area contributed by atoms with Crippen LogP contribution in [-0.4, -0.2) is 41.3 Å². The first-order valence-corrected chi connectivity index (χ1v) is 11.2. The average molecular weight is 398 g/mol. The van der Waals surface area contributed by atoms with Crippen molar-refractivity contribution in [2.24, 2.45) is 16.7 Å². The first-order chi connectivity index (χ1) is 13.8. The minimum absolute atomic E-state index is 0.122. The van der Waals surface area contributed by atoms with Gasteiger partial charge < -0.3 is 14.7 Å². The molecule has 3 aliphatic carbocycles. The third kappa shape index (κ3) is 3.75. The summed E-state index contributed by atoms with van der Waals surface area (Å²) in [4.78, 5) is 14.8. The number of rotatable bonds is 5. The average Bonchev–Trinajstić information content (AvgIpc) is 3.12. The predicted molar refractivity (Wildman–Crippen MR) is 114 cm³/mol. The molecule has 1 aliphatic heterocycles. The molecule has 4 nitrogen and oxygen atoms in total. The van der Waals surface area contributed by atoms with Gasteiger partial charge in [0.05, 0.1) is 12.0 Å². The molecule has 1 heterocycles. The van der Waals surface area contributed by atoms with Crippen LogP contribution >= 0.6 is 0 Å². The lowest BCUT2D eigenvalue weighted by Gasteiger charge is -2.44. The molecule has 0 aromatic rings. The van der Waals surface area contributed by atoms with Gasteiger partial charge in [-0.3, -0.25) is 4.79 Å². The fourth-order valence-corrected chi connectivity index (χ4v) is 6.01. The van der Waals surface area contributed by atoms with Crippen LogP contribution in [0, 0.1) is 28.6 Å². The molecule has 29 heavy (non-hydrogen) atoms. The van der Waals surface area contributed by atoms with E-state index in [0.29, 0.717) is 17.3 Å². The van der Waals surface area contributed by atoms with E-state index in [1.807, 2.05) is 6.08 Å². The number of piperidine rings is 1. The molecule has 4 aliphatic rings. The van der Waals surface area contributed by atoms with Gasteiger partial charge in [-0.2, -0.15) is 0 Å². The Morgan fingerprint density at radius 1 is 1.21 bits per heavy atom. The molecular weight excluding hydrogens is 362 g/mol. The summed E-state index contributed by atoms with van der Waals surface area (Å²) in [6, 6.07) is 0. The first kappa shape index (κ1) is 20.5. The second-order valence-electron chi connectivity index (χ2n) is 10.2. The van der Waals surface area contributed by atoms with Gasteiger partial charge in [0.1, 0.15) is 0 Å². The molecule has 3 fully saturated rings. The molecule has 3 atom stereocenters. The molecule has 0 aromatic carbocycles. The third-order valence-electron chi connectivity index (χ3n) is 8.18. The number of carbonyl (C=O) groups excluding carboxylic acids is 1. The fourth-order valence-electron chi connectivity index (χ4n) is 6.01. The number of likely N-dealkylation sites (tertiary alicyclic amines) is 1. The van der Waals surface area contributed by atoms with Crippen molar-refractivity contribution in [1.29, 1.82) is 0 Å². The Bertz CT molecular complexity index is 781. The smallest absolute Gasteiger partial charge is 0.310 e. The molecule has 0 aromatic heterocycles. The summed E-state index contributed by atoms with van der Waals surface area (Å²) in [5.41, 5.74) is 1.97. The summed E-state index contributed by atoms with van der Waals surface area (Å²) in [5, 5.41) is 11.9. The largest absolute Gasteiger partial charge is 0.452 e. The number of nitrogens with zero attached hydrogens (tertiary/aromatic N) is 1. The topological polar surface area (TPSA) is 49.8 Å². The lowest BCUT2D eigenvalue weighted by molar-refractivity contribution is -0.142. The van der Waals surface area contributed by atoms with Crippen molar-refractivity contribution in [3.05, 3.63) is 23.4 Å². The van der Waals surface area contributed by atoms with Gasteiger partial charge >= 0.3 is 5.97 Å². The maximum Gasteiger partial charge on any atom is 0.310 e. The van der Waals surface area contributed by atoms with E-state index in [1.54, 1.807) is 6.92 Å². The van der Waals surface area contributed by atoms with Crippen molar-refractivity contribution in [3.8, 4) is 11.8 Å². The highest BCUT2D eigenvalue weighted by atomic mass is 16.5. The molecule has 1 saturated heterocycles. The van der Waals surface area contributed by atoms with Crippen LogP contribution in [0.3, 0.4) is 0 Å². The second-order valence-corrected chi connectivity index (χ2v) is 10.2. The zero-order valence-corrected chi connectivity index (χ0v) is 18.2. The highest BCUT2D eigenvalue weighted by Gasteiger charge is 2.66. The van der Waals surface area contributed by atoms with Crippen LogP contribution in [-0.2, 0) is 9.53 Å². The minimum atomic E-state index is -0.936. The third-order valence-corrected chi connectivity index (χ3v) is 8.18. The normalized spacial score (nSPS) is 36.5. The Balaban J connectivity index is 1.54. The Labute approximate surface area is 175 Å². The van der Waals surface area contributed by atoms with E-state index in [9.17, 15) is 9.90 Å². The van der Waals surface area contributed by atoms with Crippen LogP contribution in [0.5, 0.6) is 0 Å². The van der Waals surface area contributed by atoms with Crippen LogP contribution in [0.1, 0.15) is 72.1 Å². The molecule has 0 amide bonds. The van der Waals surface area contributed by atoms with Gasteiger partial charge in [-0.15, -0.1) is 5.92 Å². The van der Waals surface area contributed by atoms with Crippen LogP contribution < -0.4 is 0 Å².